The molecule has 0 bridgehead atoms. The first-order chi connectivity index (χ1) is 9.83. The van der Waals surface area contributed by atoms with Crippen LogP contribution in [0.3, 0.4) is 0 Å². The SMILES string of the molecule is CSc1ccc(CN(CC2CC2)CC2CCCN2)cc1. The van der Waals surface area contributed by atoms with Gasteiger partial charge in [-0.2, -0.15) is 0 Å². The Morgan fingerprint density at radius 2 is 1.95 bits per heavy atom. The summed E-state index contributed by atoms with van der Waals surface area (Å²) in [6.07, 6.45) is 7.73. The molecule has 2 aliphatic rings. The second kappa shape index (κ2) is 6.97. The molecule has 1 aliphatic carbocycles. The summed E-state index contributed by atoms with van der Waals surface area (Å²) < 4.78 is 0. The molecule has 0 spiro atoms. The average molecular weight is 290 g/mol. The van der Waals surface area contributed by atoms with Gasteiger partial charge in [0.2, 0.25) is 0 Å². The molecule has 2 fully saturated rings. The van der Waals surface area contributed by atoms with Crippen LogP contribution < -0.4 is 5.32 Å². The number of rotatable bonds is 7. The van der Waals surface area contributed by atoms with E-state index in [0.717, 1.165) is 18.5 Å². The van der Waals surface area contributed by atoms with Crippen molar-refractivity contribution >= 4 is 11.8 Å². The molecule has 3 rings (SSSR count). The molecular weight excluding hydrogens is 264 g/mol. The highest BCUT2D eigenvalue weighted by Gasteiger charge is 2.26. The third kappa shape index (κ3) is 4.24. The molecule has 2 nitrogen and oxygen atoms in total. The molecule has 1 heterocycles. The van der Waals surface area contributed by atoms with E-state index in [4.69, 9.17) is 0 Å². The monoisotopic (exact) mass is 290 g/mol. The summed E-state index contributed by atoms with van der Waals surface area (Å²) in [6.45, 7) is 4.84. The fraction of sp³-hybridized carbons (Fsp3) is 0.647. The normalized spacial score (nSPS) is 22.6. The third-order valence-corrected chi connectivity index (χ3v) is 5.16. The quantitative estimate of drug-likeness (QED) is 0.775. The van der Waals surface area contributed by atoms with E-state index in [9.17, 15) is 0 Å². The lowest BCUT2D eigenvalue weighted by Gasteiger charge is -2.26. The highest BCUT2D eigenvalue weighted by atomic mass is 32.2. The third-order valence-electron chi connectivity index (χ3n) is 4.42. The molecule has 1 N–H and O–H groups in total. The summed E-state index contributed by atoms with van der Waals surface area (Å²) in [5, 5.41) is 3.64. The van der Waals surface area contributed by atoms with Gasteiger partial charge in [0.05, 0.1) is 0 Å². The number of nitrogens with zero attached hydrogens (tertiary/aromatic N) is 1. The van der Waals surface area contributed by atoms with Gasteiger partial charge in [-0.1, -0.05) is 12.1 Å². The zero-order chi connectivity index (χ0) is 13.8. The van der Waals surface area contributed by atoms with Crippen molar-refractivity contribution in [2.75, 3.05) is 25.9 Å². The van der Waals surface area contributed by atoms with Crippen molar-refractivity contribution in [2.45, 2.75) is 43.2 Å². The van der Waals surface area contributed by atoms with Crippen LogP contribution in [0.1, 0.15) is 31.2 Å². The highest BCUT2D eigenvalue weighted by molar-refractivity contribution is 7.98. The Hall–Kier alpha value is -0.510. The van der Waals surface area contributed by atoms with Crippen LogP contribution in [0.25, 0.3) is 0 Å². The van der Waals surface area contributed by atoms with Crippen molar-refractivity contribution in [3.8, 4) is 0 Å². The summed E-state index contributed by atoms with van der Waals surface area (Å²) in [4.78, 5) is 4.04. The van der Waals surface area contributed by atoms with E-state index in [1.54, 1.807) is 0 Å². The summed E-state index contributed by atoms with van der Waals surface area (Å²) in [7, 11) is 0. The van der Waals surface area contributed by atoms with Gasteiger partial charge in [0.25, 0.3) is 0 Å². The predicted molar refractivity (Wildman–Crippen MR) is 87.2 cm³/mol. The van der Waals surface area contributed by atoms with E-state index in [0.29, 0.717) is 0 Å². The first-order valence-corrected chi connectivity index (χ1v) is 9.14. The summed E-state index contributed by atoms with van der Waals surface area (Å²) in [5.74, 6) is 0.974. The van der Waals surface area contributed by atoms with Gasteiger partial charge in [0.1, 0.15) is 0 Å². The molecule has 1 aliphatic heterocycles. The summed E-state index contributed by atoms with van der Waals surface area (Å²) >= 11 is 1.82. The molecule has 20 heavy (non-hydrogen) atoms. The van der Waals surface area contributed by atoms with Crippen molar-refractivity contribution in [3.05, 3.63) is 29.8 Å². The Balaban J connectivity index is 1.58. The second-order valence-electron chi connectivity index (χ2n) is 6.28. The molecule has 0 amide bonds. The topological polar surface area (TPSA) is 15.3 Å². The van der Waals surface area contributed by atoms with Crippen LogP contribution in [-0.2, 0) is 6.54 Å². The van der Waals surface area contributed by atoms with E-state index >= 15 is 0 Å². The molecule has 1 aromatic carbocycles. The van der Waals surface area contributed by atoms with Crippen LogP contribution in [0.4, 0.5) is 0 Å². The first kappa shape index (κ1) is 14.4. The molecule has 0 aromatic heterocycles. The van der Waals surface area contributed by atoms with Crippen LogP contribution in [-0.4, -0.2) is 36.8 Å². The molecular formula is C17H26N2S. The number of hydrogen-bond donors (Lipinski definition) is 1. The van der Waals surface area contributed by atoms with E-state index in [-0.39, 0.29) is 0 Å². The molecule has 1 unspecified atom stereocenters. The van der Waals surface area contributed by atoms with Gasteiger partial charge in [-0.25, -0.2) is 0 Å². The number of benzene rings is 1. The lowest BCUT2D eigenvalue weighted by molar-refractivity contribution is 0.232. The van der Waals surface area contributed by atoms with Crippen LogP contribution in [0, 0.1) is 5.92 Å². The molecule has 1 saturated carbocycles. The Morgan fingerprint density at radius 3 is 2.55 bits per heavy atom. The lowest BCUT2D eigenvalue weighted by Crippen LogP contribution is -2.38. The van der Waals surface area contributed by atoms with Gasteiger partial charge in [-0.05, 0) is 62.1 Å². The van der Waals surface area contributed by atoms with Gasteiger partial charge < -0.3 is 5.32 Å². The molecule has 1 saturated heterocycles. The fourth-order valence-corrected chi connectivity index (χ4v) is 3.49. The zero-order valence-electron chi connectivity index (χ0n) is 12.5. The van der Waals surface area contributed by atoms with Crippen LogP contribution in [0.15, 0.2) is 29.2 Å². The minimum absolute atomic E-state index is 0.722. The number of thioether (sulfide) groups is 1. The van der Waals surface area contributed by atoms with Crippen molar-refractivity contribution in [3.63, 3.8) is 0 Å². The molecule has 0 radical (unpaired) electrons. The van der Waals surface area contributed by atoms with Crippen LogP contribution >= 0.6 is 11.8 Å². The van der Waals surface area contributed by atoms with E-state index in [1.165, 1.54) is 55.8 Å². The van der Waals surface area contributed by atoms with Gasteiger partial charge >= 0.3 is 0 Å². The van der Waals surface area contributed by atoms with Crippen LogP contribution in [0.5, 0.6) is 0 Å². The maximum atomic E-state index is 3.64. The zero-order valence-corrected chi connectivity index (χ0v) is 13.3. The van der Waals surface area contributed by atoms with Crippen molar-refractivity contribution in [1.29, 1.82) is 0 Å². The first-order valence-electron chi connectivity index (χ1n) is 7.92. The molecule has 3 heteroatoms. The fourth-order valence-electron chi connectivity index (χ4n) is 3.08. The summed E-state index contributed by atoms with van der Waals surface area (Å²) in [6, 6.07) is 9.83. The van der Waals surface area contributed by atoms with E-state index in [1.807, 2.05) is 11.8 Å². The maximum absolute atomic E-state index is 3.64. The van der Waals surface area contributed by atoms with Crippen molar-refractivity contribution in [2.24, 2.45) is 5.92 Å². The smallest absolute Gasteiger partial charge is 0.0234 e. The Morgan fingerprint density at radius 1 is 1.15 bits per heavy atom. The molecule has 110 valence electrons. The Bertz CT molecular complexity index is 408. The van der Waals surface area contributed by atoms with E-state index in [2.05, 4.69) is 40.7 Å². The maximum Gasteiger partial charge on any atom is 0.0234 e. The van der Waals surface area contributed by atoms with Gasteiger partial charge in [0.15, 0.2) is 0 Å². The van der Waals surface area contributed by atoms with E-state index < -0.39 is 0 Å². The predicted octanol–water partition coefficient (Wildman–Crippen LogP) is 3.37. The molecule has 1 atom stereocenters. The summed E-state index contributed by atoms with van der Waals surface area (Å²) in [5.41, 5.74) is 1.46. The van der Waals surface area contributed by atoms with Crippen molar-refractivity contribution < 1.29 is 0 Å². The highest BCUT2D eigenvalue weighted by Crippen LogP contribution is 2.30. The Kier molecular flexibility index (Phi) is 5.03. The van der Waals surface area contributed by atoms with Gasteiger partial charge in [-0.3, -0.25) is 4.90 Å². The minimum atomic E-state index is 0.722. The van der Waals surface area contributed by atoms with Gasteiger partial charge in [-0.15, -0.1) is 11.8 Å². The standard InChI is InChI=1S/C17H26N2S/c1-20-17-8-6-15(7-9-17)12-19(11-14-4-5-14)13-16-3-2-10-18-16/h6-9,14,16,18H,2-5,10-13H2,1H3. The van der Waals surface area contributed by atoms with Gasteiger partial charge in [0, 0.05) is 30.6 Å². The van der Waals surface area contributed by atoms with Crippen LogP contribution in [0.2, 0.25) is 0 Å². The molecule has 1 aromatic rings. The Labute approximate surface area is 127 Å². The van der Waals surface area contributed by atoms with Crippen molar-refractivity contribution in [1.82, 2.24) is 10.2 Å². The average Bonchev–Trinajstić information content (AvgIpc) is 3.13. The largest absolute Gasteiger partial charge is 0.313 e. The number of nitrogens with one attached hydrogen (secondary N) is 1. The second-order valence-corrected chi connectivity index (χ2v) is 7.16. The minimum Gasteiger partial charge on any atom is -0.313 e. The lowest BCUT2D eigenvalue weighted by atomic mass is 10.1. The number of hydrogen-bond acceptors (Lipinski definition) is 3.